The van der Waals surface area contributed by atoms with Gasteiger partial charge in [-0.25, -0.2) is 0 Å². The number of para-hydroxylation sites is 1. The number of hydrogen-bond donors (Lipinski definition) is 0. The fourth-order valence-corrected chi connectivity index (χ4v) is 9.04. The zero-order valence-corrected chi connectivity index (χ0v) is 31.9. The standard InChI is InChI=1S/C55H39NO/c1-55(2)51-16-7-5-14-47(51)48-30-24-43(34-52(48)55)38-22-27-45(28-23-38)56(46-29-31-50-49-15-6-8-17-53(49)57-54(50)35-46)44-25-20-37(21-26-44)40-12-9-13-41(32-40)42-19-18-36-10-3-4-11-39(36)33-42/h3-35H,1-2H3. The monoisotopic (exact) mass is 729 g/mol. The summed E-state index contributed by atoms with van der Waals surface area (Å²) < 4.78 is 6.39. The average molecular weight is 730 g/mol. The molecular formula is C55H39NO. The minimum absolute atomic E-state index is 0.0438. The molecule has 9 aromatic carbocycles. The lowest BCUT2D eigenvalue weighted by Gasteiger charge is -2.26. The van der Waals surface area contributed by atoms with E-state index in [0.717, 1.165) is 39.0 Å². The van der Waals surface area contributed by atoms with E-state index in [2.05, 4.69) is 207 Å². The maximum atomic E-state index is 6.39. The van der Waals surface area contributed by atoms with Crippen LogP contribution in [-0.2, 0) is 5.41 Å². The summed E-state index contributed by atoms with van der Waals surface area (Å²) in [5, 5.41) is 4.75. The molecule has 0 saturated carbocycles. The van der Waals surface area contributed by atoms with E-state index >= 15 is 0 Å². The van der Waals surface area contributed by atoms with Crippen LogP contribution in [0.2, 0.25) is 0 Å². The second-order valence-corrected chi connectivity index (χ2v) is 15.8. The van der Waals surface area contributed by atoms with Gasteiger partial charge in [-0.05, 0) is 127 Å². The molecule has 0 atom stereocenters. The van der Waals surface area contributed by atoms with Crippen molar-refractivity contribution in [2.45, 2.75) is 19.3 Å². The van der Waals surface area contributed by atoms with Crippen molar-refractivity contribution in [3.05, 3.63) is 211 Å². The number of furan rings is 1. The highest BCUT2D eigenvalue weighted by Crippen LogP contribution is 2.50. The number of anilines is 3. The average Bonchev–Trinajstić information content (AvgIpc) is 3.75. The molecule has 1 aromatic heterocycles. The highest BCUT2D eigenvalue weighted by atomic mass is 16.3. The van der Waals surface area contributed by atoms with E-state index in [4.69, 9.17) is 4.42 Å². The lowest BCUT2D eigenvalue weighted by molar-refractivity contribution is 0.660. The lowest BCUT2D eigenvalue weighted by atomic mass is 9.81. The van der Waals surface area contributed by atoms with Gasteiger partial charge in [-0.1, -0.05) is 147 Å². The predicted molar refractivity (Wildman–Crippen MR) is 240 cm³/mol. The molecule has 57 heavy (non-hydrogen) atoms. The molecule has 0 saturated heterocycles. The van der Waals surface area contributed by atoms with Crippen molar-refractivity contribution in [2.75, 3.05) is 4.90 Å². The molecule has 1 aliphatic rings. The van der Waals surface area contributed by atoms with Crippen molar-refractivity contribution >= 4 is 49.8 Å². The Bertz CT molecular complexity index is 3150. The maximum Gasteiger partial charge on any atom is 0.137 e. The quantitative estimate of drug-likeness (QED) is 0.169. The van der Waals surface area contributed by atoms with Crippen LogP contribution in [0.15, 0.2) is 205 Å². The molecule has 2 nitrogen and oxygen atoms in total. The van der Waals surface area contributed by atoms with E-state index < -0.39 is 0 Å². The van der Waals surface area contributed by atoms with Crippen LogP contribution in [0, 0.1) is 0 Å². The molecule has 0 bridgehead atoms. The molecule has 0 amide bonds. The van der Waals surface area contributed by atoms with E-state index in [1.165, 1.54) is 66.4 Å². The van der Waals surface area contributed by atoms with Gasteiger partial charge in [0.25, 0.3) is 0 Å². The molecule has 2 heteroatoms. The molecule has 10 aromatic rings. The highest BCUT2D eigenvalue weighted by Gasteiger charge is 2.35. The molecule has 1 aliphatic carbocycles. The molecular weight excluding hydrogens is 691 g/mol. The third-order valence-corrected chi connectivity index (χ3v) is 12.1. The van der Waals surface area contributed by atoms with E-state index in [1.54, 1.807) is 0 Å². The Balaban J connectivity index is 0.964. The molecule has 0 fully saturated rings. The Morgan fingerprint density at radius 2 is 0.912 bits per heavy atom. The zero-order valence-electron chi connectivity index (χ0n) is 31.9. The Labute approximate surface area is 332 Å². The number of fused-ring (bicyclic) bond motifs is 7. The van der Waals surface area contributed by atoms with Crippen LogP contribution in [0.5, 0.6) is 0 Å². The molecule has 11 rings (SSSR count). The topological polar surface area (TPSA) is 16.4 Å². The number of benzene rings is 9. The van der Waals surface area contributed by atoms with Gasteiger partial charge in [0.1, 0.15) is 11.2 Å². The van der Waals surface area contributed by atoms with Crippen LogP contribution in [0.1, 0.15) is 25.0 Å². The Morgan fingerprint density at radius 1 is 0.351 bits per heavy atom. The molecule has 0 N–H and O–H groups in total. The molecule has 270 valence electrons. The van der Waals surface area contributed by atoms with Crippen LogP contribution in [0.4, 0.5) is 17.1 Å². The van der Waals surface area contributed by atoms with Crippen molar-refractivity contribution in [3.63, 3.8) is 0 Å². The molecule has 0 unspecified atom stereocenters. The van der Waals surface area contributed by atoms with Gasteiger partial charge in [0, 0.05) is 39.3 Å². The molecule has 0 aliphatic heterocycles. The van der Waals surface area contributed by atoms with Crippen LogP contribution in [0.3, 0.4) is 0 Å². The van der Waals surface area contributed by atoms with Crippen LogP contribution >= 0.6 is 0 Å². The van der Waals surface area contributed by atoms with Crippen LogP contribution in [-0.4, -0.2) is 0 Å². The summed E-state index contributed by atoms with van der Waals surface area (Å²) >= 11 is 0. The number of rotatable bonds is 6. The smallest absolute Gasteiger partial charge is 0.137 e. The largest absolute Gasteiger partial charge is 0.456 e. The van der Waals surface area contributed by atoms with Crippen molar-refractivity contribution in [3.8, 4) is 44.5 Å². The van der Waals surface area contributed by atoms with Gasteiger partial charge in [0.15, 0.2) is 0 Å². The third-order valence-electron chi connectivity index (χ3n) is 12.1. The highest BCUT2D eigenvalue weighted by molar-refractivity contribution is 6.06. The fourth-order valence-electron chi connectivity index (χ4n) is 9.04. The van der Waals surface area contributed by atoms with Gasteiger partial charge in [-0.15, -0.1) is 0 Å². The molecule has 1 heterocycles. The second kappa shape index (κ2) is 13.0. The van der Waals surface area contributed by atoms with Crippen molar-refractivity contribution in [1.82, 2.24) is 0 Å². The van der Waals surface area contributed by atoms with Gasteiger partial charge in [0.2, 0.25) is 0 Å². The van der Waals surface area contributed by atoms with E-state index in [-0.39, 0.29) is 5.41 Å². The first-order chi connectivity index (χ1) is 28.0. The Hall–Kier alpha value is -7.16. The Morgan fingerprint density at radius 3 is 1.70 bits per heavy atom. The van der Waals surface area contributed by atoms with Crippen LogP contribution < -0.4 is 4.90 Å². The summed E-state index contributed by atoms with van der Waals surface area (Å²) in [6.45, 7) is 4.68. The molecule has 0 radical (unpaired) electrons. The van der Waals surface area contributed by atoms with Crippen molar-refractivity contribution in [2.24, 2.45) is 0 Å². The van der Waals surface area contributed by atoms with E-state index in [1.807, 2.05) is 12.1 Å². The van der Waals surface area contributed by atoms with Gasteiger partial charge in [-0.3, -0.25) is 0 Å². The number of nitrogens with zero attached hydrogens (tertiary/aromatic N) is 1. The van der Waals surface area contributed by atoms with E-state index in [0.29, 0.717) is 0 Å². The summed E-state index contributed by atoms with van der Waals surface area (Å²) in [5.41, 5.74) is 17.6. The first kappa shape index (κ1) is 33.2. The van der Waals surface area contributed by atoms with E-state index in [9.17, 15) is 0 Å². The van der Waals surface area contributed by atoms with Gasteiger partial charge >= 0.3 is 0 Å². The predicted octanol–water partition coefficient (Wildman–Crippen LogP) is 15.5. The summed E-state index contributed by atoms with van der Waals surface area (Å²) in [7, 11) is 0. The third kappa shape index (κ3) is 5.56. The lowest BCUT2D eigenvalue weighted by Crippen LogP contribution is -2.14. The molecule has 0 spiro atoms. The van der Waals surface area contributed by atoms with Gasteiger partial charge in [0.05, 0.1) is 0 Å². The van der Waals surface area contributed by atoms with Crippen LogP contribution in [0.25, 0.3) is 77.2 Å². The first-order valence-corrected chi connectivity index (χ1v) is 19.7. The normalized spacial score (nSPS) is 12.9. The van der Waals surface area contributed by atoms with Crippen molar-refractivity contribution < 1.29 is 4.42 Å². The van der Waals surface area contributed by atoms with Crippen molar-refractivity contribution in [1.29, 1.82) is 0 Å². The summed E-state index contributed by atoms with van der Waals surface area (Å²) in [6.07, 6.45) is 0. The SMILES string of the molecule is CC1(C)c2ccccc2-c2ccc(-c3ccc(N(c4ccc(-c5cccc(-c6ccc7ccccc7c6)c5)cc4)c4ccc5c(c4)oc4ccccc45)cc3)cc21. The Kier molecular flexibility index (Phi) is 7.55. The number of hydrogen-bond acceptors (Lipinski definition) is 2. The summed E-state index contributed by atoms with van der Waals surface area (Å²) in [4.78, 5) is 2.33. The zero-order chi connectivity index (χ0) is 38.1. The minimum atomic E-state index is -0.0438. The van der Waals surface area contributed by atoms with Gasteiger partial charge < -0.3 is 9.32 Å². The maximum absolute atomic E-state index is 6.39. The summed E-state index contributed by atoms with van der Waals surface area (Å²) in [6, 6.07) is 72.7. The first-order valence-electron chi connectivity index (χ1n) is 19.7. The van der Waals surface area contributed by atoms with Gasteiger partial charge in [-0.2, -0.15) is 0 Å². The summed E-state index contributed by atoms with van der Waals surface area (Å²) in [5.74, 6) is 0. The second-order valence-electron chi connectivity index (χ2n) is 15.8. The fraction of sp³-hybridized carbons (Fsp3) is 0.0545. The minimum Gasteiger partial charge on any atom is -0.456 e.